The predicted molar refractivity (Wildman–Crippen MR) is 161 cm³/mol. The van der Waals surface area contributed by atoms with Crippen molar-refractivity contribution >= 4 is 11.9 Å². The third-order valence-corrected chi connectivity index (χ3v) is 14.0. The molecule has 2 heterocycles. The smallest absolute Gasteiger partial charge is 0.303 e. The van der Waals surface area contributed by atoms with Gasteiger partial charge in [0.15, 0.2) is 6.10 Å². The van der Waals surface area contributed by atoms with Crippen LogP contribution in [-0.2, 0) is 19.1 Å². The van der Waals surface area contributed by atoms with Crippen molar-refractivity contribution in [3.63, 3.8) is 0 Å². The summed E-state index contributed by atoms with van der Waals surface area (Å²) in [6.45, 7) is 13.1. The van der Waals surface area contributed by atoms with Gasteiger partial charge in [0.25, 0.3) is 0 Å². The summed E-state index contributed by atoms with van der Waals surface area (Å²) in [5.74, 6) is 2.50. The Morgan fingerprint density at radius 3 is 2.10 bits per heavy atom. The number of likely N-dealkylation sites (N-methyl/N-ethyl adjacent to an activating group) is 1. The fourth-order valence-corrected chi connectivity index (χ4v) is 11.9. The predicted octanol–water partition coefficient (Wildman–Crippen LogP) is 6.36. The van der Waals surface area contributed by atoms with Crippen molar-refractivity contribution in [2.75, 3.05) is 33.2 Å². The molecule has 0 amide bonds. The third-order valence-electron chi connectivity index (χ3n) is 14.0. The molecule has 10 atom stereocenters. The number of fused-ring (bicyclic) bond motifs is 5. The van der Waals surface area contributed by atoms with E-state index in [4.69, 9.17) is 9.47 Å². The monoisotopic (exact) mass is 571 g/mol. The molecule has 0 aromatic heterocycles. The average Bonchev–Trinajstić information content (AvgIpc) is 3.06. The lowest BCUT2D eigenvalue weighted by atomic mass is 9.44. The molecule has 6 aliphatic rings. The number of likely N-dealkylation sites (tertiary alicyclic amines) is 2. The summed E-state index contributed by atoms with van der Waals surface area (Å²) in [6.07, 6.45) is 17.6. The molecule has 0 aromatic rings. The fraction of sp³-hybridized carbons (Fsp3) is 0.943. The van der Waals surface area contributed by atoms with E-state index in [0.717, 1.165) is 29.9 Å². The molecule has 0 unspecified atom stereocenters. The molecule has 4 aliphatic carbocycles. The van der Waals surface area contributed by atoms with Crippen molar-refractivity contribution in [2.24, 2.45) is 34.5 Å². The Balaban J connectivity index is 1.29. The summed E-state index contributed by atoms with van der Waals surface area (Å²) in [5.41, 5.74) is 0.370. The van der Waals surface area contributed by atoms with Crippen molar-refractivity contribution in [1.82, 2.24) is 4.90 Å². The van der Waals surface area contributed by atoms with Gasteiger partial charge in [-0.15, -0.1) is 0 Å². The number of hydrogen-bond donors (Lipinski definition) is 0. The van der Waals surface area contributed by atoms with E-state index in [-0.39, 0.29) is 29.6 Å². The summed E-state index contributed by atoms with van der Waals surface area (Å²) in [7, 11) is 2.49. The molecule has 232 valence electrons. The Kier molecular flexibility index (Phi) is 8.33. The molecule has 6 fully saturated rings. The minimum atomic E-state index is -0.110. The van der Waals surface area contributed by atoms with Gasteiger partial charge in [-0.1, -0.05) is 20.3 Å². The van der Waals surface area contributed by atoms with Crippen molar-refractivity contribution in [3.05, 3.63) is 0 Å². The number of carbonyl (C=O) groups is 2. The molecule has 6 nitrogen and oxygen atoms in total. The molecular formula is C35H59N2O4+. The Hall–Kier alpha value is -1.14. The van der Waals surface area contributed by atoms with Crippen LogP contribution in [0.25, 0.3) is 0 Å². The van der Waals surface area contributed by atoms with Crippen LogP contribution in [0.1, 0.15) is 118 Å². The average molecular weight is 572 g/mol. The Labute approximate surface area is 249 Å². The Morgan fingerprint density at radius 2 is 1.44 bits per heavy atom. The SMILES string of the molecule is CC(=O)O[C@H]1C[C@@H]2CC[C@@H]3[C@H](CC[C@@]4(C)[C@H]3C[C@H]([N+]3(C)CCCCCC3)[C@@H]4OC(C)=O)[C@@]2(C)C[C@@H]1N1CCCCC1. The fourth-order valence-electron chi connectivity index (χ4n) is 11.9. The molecule has 2 saturated heterocycles. The molecule has 0 aromatic carbocycles. The quantitative estimate of drug-likeness (QED) is 0.291. The van der Waals surface area contributed by atoms with Crippen LogP contribution in [-0.4, -0.2) is 78.8 Å². The Bertz CT molecular complexity index is 971. The minimum absolute atomic E-state index is 0.0420. The second-order valence-corrected chi connectivity index (χ2v) is 16.1. The van der Waals surface area contributed by atoms with Gasteiger partial charge in [0, 0.05) is 31.7 Å². The van der Waals surface area contributed by atoms with Gasteiger partial charge >= 0.3 is 11.9 Å². The van der Waals surface area contributed by atoms with Gasteiger partial charge in [0.1, 0.15) is 12.1 Å². The summed E-state index contributed by atoms with van der Waals surface area (Å²) in [6, 6.07) is 0.788. The first-order chi connectivity index (χ1) is 19.5. The lowest BCUT2D eigenvalue weighted by Crippen LogP contribution is -2.61. The van der Waals surface area contributed by atoms with Gasteiger partial charge in [-0.3, -0.25) is 14.5 Å². The van der Waals surface area contributed by atoms with E-state index in [9.17, 15) is 9.59 Å². The maximum Gasteiger partial charge on any atom is 0.303 e. The number of hydrogen-bond acceptors (Lipinski definition) is 5. The van der Waals surface area contributed by atoms with Crippen LogP contribution in [0.2, 0.25) is 0 Å². The summed E-state index contributed by atoms with van der Waals surface area (Å²) in [5, 5.41) is 0. The van der Waals surface area contributed by atoms with Crippen LogP contribution in [0.5, 0.6) is 0 Å². The lowest BCUT2D eigenvalue weighted by Gasteiger charge is -2.62. The topological polar surface area (TPSA) is 55.8 Å². The number of carbonyl (C=O) groups excluding carboxylic acids is 2. The van der Waals surface area contributed by atoms with Crippen molar-refractivity contribution in [2.45, 2.75) is 142 Å². The first kappa shape index (κ1) is 29.9. The molecule has 0 radical (unpaired) electrons. The second kappa shape index (κ2) is 11.4. The molecule has 4 saturated carbocycles. The van der Waals surface area contributed by atoms with Gasteiger partial charge in [0.2, 0.25) is 0 Å². The lowest BCUT2D eigenvalue weighted by molar-refractivity contribution is -0.935. The molecule has 0 N–H and O–H groups in total. The van der Waals surface area contributed by atoms with Crippen LogP contribution >= 0.6 is 0 Å². The normalized spacial score (nSPS) is 46.4. The van der Waals surface area contributed by atoms with E-state index < -0.39 is 0 Å². The van der Waals surface area contributed by atoms with Crippen LogP contribution < -0.4 is 0 Å². The van der Waals surface area contributed by atoms with Gasteiger partial charge in [0.05, 0.1) is 20.1 Å². The van der Waals surface area contributed by atoms with Crippen molar-refractivity contribution in [1.29, 1.82) is 0 Å². The zero-order valence-electron chi connectivity index (χ0n) is 26.9. The van der Waals surface area contributed by atoms with Crippen LogP contribution in [0.15, 0.2) is 0 Å². The number of esters is 2. The third kappa shape index (κ3) is 5.29. The first-order valence-electron chi connectivity index (χ1n) is 17.5. The van der Waals surface area contributed by atoms with E-state index in [1.807, 2.05) is 0 Å². The zero-order chi connectivity index (χ0) is 29.0. The number of rotatable bonds is 4. The maximum absolute atomic E-state index is 12.6. The highest BCUT2D eigenvalue weighted by molar-refractivity contribution is 5.66. The molecule has 2 aliphatic heterocycles. The molecule has 0 bridgehead atoms. The largest absolute Gasteiger partial charge is 0.461 e. The van der Waals surface area contributed by atoms with Crippen LogP contribution in [0, 0.1) is 34.5 Å². The van der Waals surface area contributed by atoms with Gasteiger partial charge in [-0.05, 0) is 119 Å². The van der Waals surface area contributed by atoms with E-state index in [2.05, 4.69) is 25.8 Å². The first-order valence-corrected chi connectivity index (χ1v) is 17.5. The number of quaternary nitrogens is 1. The number of ether oxygens (including phenoxy) is 2. The standard InChI is InChI=1S/C35H59N2O4/c1-24(38)40-32-21-26-13-14-27-28(35(26,4)23-30(32)36-17-9-8-10-18-36)15-16-34(3)29(27)22-31(33(34)41-25(2)39)37(5)19-11-6-7-12-20-37/h26-33H,6-23H2,1-5H3/q+1/t26-,27+,28-,29-,30-,31-,32-,33-,34-,35-/m0/s1. The van der Waals surface area contributed by atoms with E-state index >= 15 is 0 Å². The highest BCUT2D eigenvalue weighted by atomic mass is 16.5. The van der Waals surface area contributed by atoms with Crippen molar-refractivity contribution < 1.29 is 23.5 Å². The Morgan fingerprint density at radius 1 is 0.780 bits per heavy atom. The molecular weight excluding hydrogens is 512 g/mol. The van der Waals surface area contributed by atoms with Gasteiger partial charge in [-0.2, -0.15) is 0 Å². The second-order valence-electron chi connectivity index (χ2n) is 16.1. The molecule has 6 rings (SSSR count). The zero-order valence-corrected chi connectivity index (χ0v) is 26.9. The van der Waals surface area contributed by atoms with Crippen LogP contribution in [0.4, 0.5) is 0 Å². The maximum atomic E-state index is 12.6. The van der Waals surface area contributed by atoms with Gasteiger partial charge in [-0.25, -0.2) is 0 Å². The molecule has 41 heavy (non-hydrogen) atoms. The van der Waals surface area contributed by atoms with E-state index in [1.54, 1.807) is 13.8 Å². The van der Waals surface area contributed by atoms with E-state index in [0.29, 0.717) is 35.3 Å². The van der Waals surface area contributed by atoms with Crippen molar-refractivity contribution in [3.8, 4) is 0 Å². The number of piperidine rings is 1. The summed E-state index contributed by atoms with van der Waals surface area (Å²) in [4.78, 5) is 27.5. The highest BCUT2D eigenvalue weighted by Gasteiger charge is 2.67. The molecule has 0 spiro atoms. The van der Waals surface area contributed by atoms with Crippen LogP contribution in [0.3, 0.4) is 0 Å². The molecule has 6 heteroatoms. The van der Waals surface area contributed by atoms with E-state index in [1.165, 1.54) is 96.6 Å². The number of nitrogens with zero attached hydrogens (tertiary/aromatic N) is 2. The summed E-state index contributed by atoms with van der Waals surface area (Å²) < 4.78 is 13.6. The highest BCUT2D eigenvalue weighted by Crippen LogP contribution is 2.67. The van der Waals surface area contributed by atoms with Gasteiger partial charge < -0.3 is 14.0 Å². The summed E-state index contributed by atoms with van der Waals surface area (Å²) >= 11 is 0. The minimum Gasteiger partial charge on any atom is -0.461 e.